The topological polar surface area (TPSA) is 26.0 Å². The molecule has 86 valence electrons. The van der Waals surface area contributed by atoms with Crippen molar-refractivity contribution in [2.24, 2.45) is 5.73 Å². The van der Waals surface area contributed by atoms with Crippen LogP contribution in [0, 0.1) is 6.92 Å². The maximum Gasteiger partial charge on any atom is 0.0411 e. The van der Waals surface area contributed by atoms with Gasteiger partial charge in [0, 0.05) is 5.54 Å². The first-order chi connectivity index (χ1) is 8.17. The van der Waals surface area contributed by atoms with Crippen molar-refractivity contribution in [3.63, 3.8) is 0 Å². The van der Waals surface area contributed by atoms with E-state index in [0.717, 1.165) is 12.8 Å². The van der Waals surface area contributed by atoms with Crippen LogP contribution in [-0.2, 0) is 5.54 Å². The Morgan fingerprint density at radius 1 is 0.941 bits per heavy atom. The summed E-state index contributed by atoms with van der Waals surface area (Å²) < 4.78 is 0. The van der Waals surface area contributed by atoms with E-state index in [1.54, 1.807) is 0 Å². The van der Waals surface area contributed by atoms with Crippen LogP contribution in [-0.4, -0.2) is 0 Å². The molecule has 2 aromatic carbocycles. The largest absolute Gasteiger partial charge is 0.321 e. The van der Waals surface area contributed by atoms with Crippen molar-refractivity contribution < 1.29 is 0 Å². The van der Waals surface area contributed by atoms with E-state index in [1.165, 1.54) is 22.3 Å². The Labute approximate surface area is 102 Å². The van der Waals surface area contributed by atoms with Crippen molar-refractivity contribution >= 4 is 0 Å². The molecule has 2 aromatic rings. The summed E-state index contributed by atoms with van der Waals surface area (Å²) in [5.41, 5.74) is 11.3. The Hall–Kier alpha value is -1.60. The standard InChI is InChI=1S/C16H17N/c1-12-5-7-13(8-6-12)14-3-2-4-15(11-14)16(17)9-10-16/h2-8,11H,9-10,17H2,1H3. The number of hydrogen-bond donors (Lipinski definition) is 1. The summed E-state index contributed by atoms with van der Waals surface area (Å²) in [4.78, 5) is 0. The van der Waals surface area contributed by atoms with Crippen LogP contribution in [0.2, 0.25) is 0 Å². The maximum atomic E-state index is 6.24. The third-order valence-corrected chi connectivity index (χ3v) is 3.61. The van der Waals surface area contributed by atoms with Crippen LogP contribution < -0.4 is 5.73 Å². The molecule has 1 nitrogen and oxygen atoms in total. The number of nitrogens with two attached hydrogens (primary N) is 1. The number of benzene rings is 2. The van der Waals surface area contributed by atoms with Crippen LogP contribution >= 0.6 is 0 Å². The van der Waals surface area contributed by atoms with Gasteiger partial charge in [-0.1, -0.05) is 48.0 Å². The molecule has 0 radical (unpaired) electrons. The Morgan fingerprint density at radius 2 is 1.65 bits per heavy atom. The van der Waals surface area contributed by atoms with Gasteiger partial charge in [-0.3, -0.25) is 0 Å². The molecule has 0 aromatic heterocycles. The zero-order valence-corrected chi connectivity index (χ0v) is 10.1. The van der Waals surface area contributed by atoms with E-state index in [9.17, 15) is 0 Å². The van der Waals surface area contributed by atoms with Gasteiger partial charge in [0.15, 0.2) is 0 Å². The lowest BCUT2D eigenvalue weighted by Gasteiger charge is -2.11. The van der Waals surface area contributed by atoms with Gasteiger partial charge in [0.05, 0.1) is 0 Å². The second kappa shape index (κ2) is 3.71. The summed E-state index contributed by atoms with van der Waals surface area (Å²) in [6.07, 6.45) is 2.23. The van der Waals surface area contributed by atoms with Gasteiger partial charge < -0.3 is 5.73 Å². The lowest BCUT2D eigenvalue weighted by molar-refractivity contribution is 0.740. The minimum atomic E-state index is -0.0410. The van der Waals surface area contributed by atoms with Gasteiger partial charge in [0.2, 0.25) is 0 Å². The first-order valence-electron chi connectivity index (χ1n) is 6.14. The molecule has 0 atom stereocenters. The minimum Gasteiger partial charge on any atom is -0.321 e. The monoisotopic (exact) mass is 223 g/mol. The van der Waals surface area contributed by atoms with Gasteiger partial charge in [-0.05, 0) is 42.5 Å². The van der Waals surface area contributed by atoms with E-state index in [0.29, 0.717) is 0 Å². The second-order valence-electron chi connectivity index (χ2n) is 5.10. The summed E-state index contributed by atoms with van der Waals surface area (Å²) >= 11 is 0. The molecule has 0 bridgehead atoms. The fraction of sp³-hybridized carbons (Fsp3) is 0.250. The highest BCUT2D eigenvalue weighted by Gasteiger charge is 2.39. The molecule has 1 aliphatic carbocycles. The normalized spacial score (nSPS) is 16.8. The van der Waals surface area contributed by atoms with Crippen molar-refractivity contribution in [1.82, 2.24) is 0 Å². The smallest absolute Gasteiger partial charge is 0.0411 e. The molecule has 0 saturated heterocycles. The molecule has 17 heavy (non-hydrogen) atoms. The lowest BCUT2D eigenvalue weighted by atomic mass is 9.98. The van der Waals surface area contributed by atoms with Crippen molar-refractivity contribution in [3.05, 3.63) is 59.7 Å². The number of rotatable bonds is 2. The molecule has 3 rings (SSSR count). The van der Waals surface area contributed by atoms with Gasteiger partial charge in [-0.2, -0.15) is 0 Å². The van der Waals surface area contributed by atoms with Crippen molar-refractivity contribution in [2.75, 3.05) is 0 Å². The lowest BCUT2D eigenvalue weighted by Crippen LogP contribution is -2.18. The minimum absolute atomic E-state index is 0.0410. The zero-order chi connectivity index (χ0) is 11.9. The van der Waals surface area contributed by atoms with Crippen LogP contribution in [0.5, 0.6) is 0 Å². The van der Waals surface area contributed by atoms with E-state index < -0.39 is 0 Å². The Bertz CT molecular complexity index is 536. The summed E-state index contributed by atoms with van der Waals surface area (Å²) in [5.74, 6) is 0. The molecule has 0 aliphatic heterocycles. The molecule has 1 heteroatoms. The third kappa shape index (κ3) is 1.98. The van der Waals surface area contributed by atoms with Crippen molar-refractivity contribution in [2.45, 2.75) is 25.3 Å². The van der Waals surface area contributed by atoms with Gasteiger partial charge in [-0.15, -0.1) is 0 Å². The second-order valence-corrected chi connectivity index (χ2v) is 5.10. The predicted molar refractivity (Wildman–Crippen MR) is 71.7 cm³/mol. The molecule has 0 unspecified atom stereocenters. The van der Waals surface area contributed by atoms with Gasteiger partial charge >= 0.3 is 0 Å². The Kier molecular flexibility index (Phi) is 2.30. The highest BCUT2D eigenvalue weighted by molar-refractivity contribution is 5.65. The number of aryl methyl sites for hydroxylation is 1. The Morgan fingerprint density at radius 3 is 2.29 bits per heavy atom. The average Bonchev–Trinajstić information content (AvgIpc) is 3.10. The van der Waals surface area contributed by atoms with Gasteiger partial charge in [-0.25, -0.2) is 0 Å². The molecule has 0 amide bonds. The summed E-state index contributed by atoms with van der Waals surface area (Å²) in [7, 11) is 0. The molecular weight excluding hydrogens is 206 g/mol. The molecule has 0 spiro atoms. The summed E-state index contributed by atoms with van der Waals surface area (Å²) in [6, 6.07) is 17.3. The molecule has 2 N–H and O–H groups in total. The average molecular weight is 223 g/mol. The summed E-state index contributed by atoms with van der Waals surface area (Å²) in [5, 5.41) is 0. The highest BCUT2D eigenvalue weighted by atomic mass is 14.8. The zero-order valence-electron chi connectivity index (χ0n) is 10.1. The van der Waals surface area contributed by atoms with Crippen LogP contribution in [0.25, 0.3) is 11.1 Å². The van der Waals surface area contributed by atoms with E-state index in [-0.39, 0.29) is 5.54 Å². The van der Waals surface area contributed by atoms with Crippen LogP contribution in [0.15, 0.2) is 48.5 Å². The summed E-state index contributed by atoms with van der Waals surface area (Å²) in [6.45, 7) is 2.11. The van der Waals surface area contributed by atoms with Crippen LogP contribution in [0.3, 0.4) is 0 Å². The quantitative estimate of drug-likeness (QED) is 0.827. The van der Waals surface area contributed by atoms with Crippen molar-refractivity contribution in [1.29, 1.82) is 0 Å². The van der Waals surface area contributed by atoms with Gasteiger partial charge in [0.1, 0.15) is 0 Å². The van der Waals surface area contributed by atoms with Crippen LogP contribution in [0.4, 0.5) is 0 Å². The van der Waals surface area contributed by atoms with E-state index in [1.807, 2.05) is 0 Å². The molecule has 1 fully saturated rings. The fourth-order valence-electron chi connectivity index (χ4n) is 2.18. The van der Waals surface area contributed by atoms with Crippen LogP contribution in [0.1, 0.15) is 24.0 Å². The molecule has 1 saturated carbocycles. The maximum absolute atomic E-state index is 6.24. The SMILES string of the molecule is Cc1ccc(-c2cccc(C3(N)CC3)c2)cc1. The van der Waals surface area contributed by atoms with E-state index >= 15 is 0 Å². The third-order valence-electron chi connectivity index (χ3n) is 3.61. The van der Waals surface area contributed by atoms with E-state index in [2.05, 4.69) is 55.5 Å². The fourth-order valence-corrected chi connectivity index (χ4v) is 2.18. The first-order valence-corrected chi connectivity index (χ1v) is 6.14. The van der Waals surface area contributed by atoms with Crippen molar-refractivity contribution in [3.8, 4) is 11.1 Å². The first kappa shape index (κ1) is 10.5. The van der Waals surface area contributed by atoms with E-state index in [4.69, 9.17) is 5.73 Å². The number of hydrogen-bond acceptors (Lipinski definition) is 1. The van der Waals surface area contributed by atoms with Gasteiger partial charge in [0.25, 0.3) is 0 Å². The molecule has 1 aliphatic rings. The predicted octanol–water partition coefficient (Wildman–Crippen LogP) is 3.61. The Balaban J connectivity index is 2.00. The molecular formula is C16H17N. The highest BCUT2D eigenvalue weighted by Crippen LogP contribution is 2.43. The molecule has 0 heterocycles.